The summed E-state index contributed by atoms with van der Waals surface area (Å²) < 4.78 is 4.63. The second-order valence-electron chi connectivity index (χ2n) is 5.77. The highest BCUT2D eigenvalue weighted by molar-refractivity contribution is 5.96. The van der Waals surface area contributed by atoms with Crippen molar-refractivity contribution in [1.29, 1.82) is 0 Å². The van der Waals surface area contributed by atoms with Gasteiger partial charge in [0.25, 0.3) is 5.91 Å². The largest absolute Gasteiger partial charge is 0.465 e. The molecule has 1 N–H and O–H groups in total. The highest BCUT2D eigenvalue weighted by atomic mass is 16.5. The molecule has 1 amide bonds. The third-order valence-corrected chi connectivity index (χ3v) is 3.36. The summed E-state index contributed by atoms with van der Waals surface area (Å²) in [5.41, 5.74) is 0.998. The van der Waals surface area contributed by atoms with E-state index in [1.54, 1.807) is 24.3 Å². The molecule has 4 nitrogen and oxygen atoms in total. The van der Waals surface area contributed by atoms with Crippen LogP contribution in [0.25, 0.3) is 0 Å². The van der Waals surface area contributed by atoms with E-state index in [1.165, 1.54) is 13.5 Å². The van der Waals surface area contributed by atoms with Crippen LogP contribution in [0.5, 0.6) is 0 Å². The molecule has 21 heavy (non-hydrogen) atoms. The minimum absolute atomic E-state index is 0.108. The summed E-state index contributed by atoms with van der Waals surface area (Å²) in [6.45, 7) is 6.42. The number of carbonyl (C=O) groups excluding carboxylic acids is 2. The van der Waals surface area contributed by atoms with Gasteiger partial charge >= 0.3 is 5.97 Å². The van der Waals surface area contributed by atoms with E-state index in [-0.39, 0.29) is 11.9 Å². The molecule has 0 aromatic heterocycles. The average molecular weight is 291 g/mol. The molecule has 1 unspecified atom stereocenters. The summed E-state index contributed by atoms with van der Waals surface area (Å²) in [5, 5.41) is 2.98. The van der Waals surface area contributed by atoms with E-state index >= 15 is 0 Å². The van der Waals surface area contributed by atoms with Gasteiger partial charge in [0, 0.05) is 11.6 Å². The topological polar surface area (TPSA) is 55.4 Å². The number of benzene rings is 1. The Bertz CT molecular complexity index is 465. The van der Waals surface area contributed by atoms with Gasteiger partial charge in [-0.1, -0.05) is 26.7 Å². The van der Waals surface area contributed by atoms with Crippen LogP contribution < -0.4 is 5.32 Å². The molecule has 0 saturated heterocycles. The van der Waals surface area contributed by atoms with Gasteiger partial charge in [0.05, 0.1) is 12.7 Å². The first-order valence-corrected chi connectivity index (χ1v) is 7.43. The van der Waals surface area contributed by atoms with Crippen molar-refractivity contribution >= 4 is 11.9 Å². The molecule has 1 aromatic rings. The highest BCUT2D eigenvalue weighted by Gasteiger charge is 2.11. The number of hydrogen-bond acceptors (Lipinski definition) is 3. The Morgan fingerprint density at radius 2 is 1.62 bits per heavy atom. The Morgan fingerprint density at radius 3 is 2.14 bits per heavy atom. The summed E-state index contributed by atoms with van der Waals surface area (Å²) in [6.07, 6.45) is 3.26. The molecule has 0 aliphatic carbocycles. The lowest BCUT2D eigenvalue weighted by atomic mass is 10.0. The Hall–Kier alpha value is -1.84. The van der Waals surface area contributed by atoms with Crippen molar-refractivity contribution in [2.45, 2.75) is 46.1 Å². The van der Waals surface area contributed by atoms with Crippen LogP contribution in [-0.2, 0) is 4.74 Å². The normalized spacial score (nSPS) is 12.0. The molecule has 1 atom stereocenters. The van der Waals surface area contributed by atoms with Gasteiger partial charge in [0.1, 0.15) is 0 Å². The van der Waals surface area contributed by atoms with Crippen molar-refractivity contribution in [3.8, 4) is 0 Å². The summed E-state index contributed by atoms with van der Waals surface area (Å²) in [5.74, 6) is 0.186. The molecule has 0 spiro atoms. The molecule has 0 aliphatic heterocycles. The first-order chi connectivity index (χ1) is 9.93. The number of ether oxygens (including phenoxy) is 1. The number of carbonyl (C=O) groups is 2. The maximum Gasteiger partial charge on any atom is 0.337 e. The predicted molar refractivity (Wildman–Crippen MR) is 83.4 cm³/mol. The van der Waals surface area contributed by atoms with Crippen LogP contribution in [0.4, 0.5) is 0 Å². The molecule has 4 heteroatoms. The molecule has 0 radical (unpaired) electrons. The minimum Gasteiger partial charge on any atom is -0.465 e. The Kier molecular flexibility index (Phi) is 6.92. The molecule has 0 saturated carbocycles. The smallest absolute Gasteiger partial charge is 0.337 e. The number of amides is 1. The average Bonchev–Trinajstić information content (AvgIpc) is 2.46. The molecule has 0 bridgehead atoms. The Labute approximate surface area is 126 Å². The second-order valence-corrected chi connectivity index (χ2v) is 5.77. The van der Waals surface area contributed by atoms with E-state index in [2.05, 4.69) is 23.9 Å². The SMILES string of the molecule is COC(=O)c1ccc(C(=O)NC(C)CCCC(C)C)cc1. The minimum atomic E-state index is -0.399. The van der Waals surface area contributed by atoms with Crippen molar-refractivity contribution < 1.29 is 14.3 Å². The van der Waals surface area contributed by atoms with E-state index in [9.17, 15) is 9.59 Å². The van der Waals surface area contributed by atoms with Crippen molar-refractivity contribution in [2.24, 2.45) is 5.92 Å². The second kappa shape index (κ2) is 8.45. The van der Waals surface area contributed by atoms with Gasteiger partial charge < -0.3 is 10.1 Å². The number of methoxy groups -OCH3 is 1. The van der Waals surface area contributed by atoms with E-state index in [4.69, 9.17) is 0 Å². The summed E-state index contributed by atoms with van der Waals surface area (Å²) in [4.78, 5) is 23.4. The van der Waals surface area contributed by atoms with Crippen molar-refractivity contribution in [3.63, 3.8) is 0 Å². The molecule has 0 aliphatic rings. The molecule has 116 valence electrons. The fourth-order valence-corrected chi connectivity index (χ4v) is 2.09. The van der Waals surface area contributed by atoms with Crippen LogP contribution in [-0.4, -0.2) is 25.0 Å². The van der Waals surface area contributed by atoms with Crippen LogP contribution in [0.15, 0.2) is 24.3 Å². The lowest BCUT2D eigenvalue weighted by Gasteiger charge is -2.14. The third-order valence-electron chi connectivity index (χ3n) is 3.36. The third kappa shape index (κ3) is 5.98. The number of rotatable bonds is 7. The maximum absolute atomic E-state index is 12.1. The summed E-state index contributed by atoms with van der Waals surface area (Å²) >= 11 is 0. The maximum atomic E-state index is 12.1. The quantitative estimate of drug-likeness (QED) is 0.783. The zero-order valence-corrected chi connectivity index (χ0v) is 13.3. The monoisotopic (exact) mass is 291 g/mol. The molecular formula is C17H25NO3. The molecule has 0 heterocycles. The van der Waals surface area contributed by atoms with Gasteiger partial charge in [0.2, 0.25) is 0 Å². The summed E-state index contributed by atoms with van der Waals surface area (Å²) in [7, 11) is 1.34. The van der Waals surface area contributed by atoms with Crippen LogP contribution in [0.3, 0.4) is 0 Å². The number of hydrogen-bond donors (Lipinski definition) is 1. The van der Waals surface area contributed by atoms with Gasteiger partial charge in [-0.3, -0.25) is 4.79 Å². The van der Waals surface area contributed by atoms with Gasteiger partial charge in [-0.15, -0.1) is 0 Å². The van der Waals surface area contributed by atoms with Crippen LogP contribution in [0, 0.1) is 5.92 Å². The summed E-state index contributed by atoms with van der Waals surface area (Å²) in [6, 6.07) is 6.63. The van der Waals surface area contributed by atoms with E-state index in [1.807, 2.05) is 6.92 Å². The van der Waals surface area contributed by atoms with Crippen molar-refractivity contribution in [3.05, 3.63) is 35.4 Å². The molecular weight excluding hydrogens is 266 g/mol. The Balaban J connectivity index is 2.49. The van der Waals surface area contributed by atoms with Crippen molar-refractivity contribution in [1.82, 2.24) is 5.32 Å². The number of nitrogens with one attached hydrogen (secondary N) is 1. The lowest BCUT2D eigenvalue weighted by molar-refractivity contribution is 0.0600. The zero-order chi connectivity index (χ0) is 15.8. The van der Waals surface area contributed by atoms with E-state index in [0.717, 1.165) is 12.8 Å². The molecule has 1 aromatic carbocycles. The van der Waals surface area contributed by atoms with Crippen LogP contribution in [0.2, 0.25) is 0 Å². The first kappa shape index (κ1) is 17.2. The lowest BCUT2D eigenvalue weighted by Crippen LogP contribution is -2.32. The Morgan fingerprint density at radius 1 is 1.05 bits per heavy atom. The van der Waals surface area contributed by atoms with Gasteiger partial charge in [-0.25, -0.2) is 4.79 Å². The molecule has 0 fully saturated rings. The highest BCUT2D eigenvalue weighted by Crippen LogP contribution is 2.10. The van der Waals surface area contributed by atoms with E-state index < -0.39 is 5.97 Å². The van der Waals surface area contributed by atoms with Gasteiger partial charge in [-0.2, -0.15) is 0 Å². The van der Waals surface area contributed by atoms with E-state index in [0.29, 0.717) is 17.0 Å². The van der Waals surface area contributed by atoms with Crippen LogP contribution in [0.1, 0.15) is 60.7 Å². The number of esters is 1. The van der Waals surface area contributed by atoms with Crippen molar-refractivity contribution in [2.75, 3.05) is 7.11 Å². The molecule has 1 rings (SSSR count). The fraction of sp³-hybridized carbons (Fsp3) is 0.529. The van der Waals surface area contributed by atoms with Crippen LogP contribution >= 0.6 is 0 Å². The fourth-order valence-electron chi connectivity index (χ4n) is 2.09. The first-order valence-electron chi connectivity index (χ1n) is 7.43. The standard InChI is InChI=1S/C17H25NO3/c1-12(2)6-5-7-13(3)18-16(19)14-8-10-15(11-9-14)17(20)21-4/h8-13H,5-7H2,1-4H3,(H,18,19). The van der Waals surface area contributed by atoms with Gasteiger partial charge in [-0.05, 0) is 43.5 Å². The van der Waals surface area contributed by atoms with Gasteiger partial charge in [0.15, 0.2) is 0 Å². The zero-order valence-electron chi connectivity index (χ0n) is 13.3. The predicted octanol–water partition coefficient (Wildman–Crippen LogP) is 3.42.